The third kappa shape index (κ3) is 3.12. The zero-order valence-electron chi connectivity index (χ0n) is 13.3. The summed E-state index contributed by atoms with van der Waals surface area (Å²) in [5, 5.41) is 9.03. The molecule has 2 aromatic rings. The Bertz CT molecular complexity index is 587. The molecule has 1 atom stereocenters. The Balaban J connectivity index is 2.42. The molecule has 0 saturated heterocycles. The number of hydrogen-bond acceptors (Lipinski definition) is 3. The van der Waals surface area contributed by atoms with Crippen molar-refractivity contribution in [2.24, 2.45) is 0 Å². The molecular formula is C15H24ClN5. The minimum absolute atomic E-state index is 0.0349. The second-order valence-corrected chi connectivity index (χ2v) is 5.57. The Hall–Kier alpha value is -1.36. The molecule has 5 nitrogen and oxygen atoms in total. The number of aromatic nitrogens is 5. The molecule has 2 rings (SSSR count). The molecule has 0 N–H and O–H groups in total. The van der Waals surface area contributed by atoms with E-state index in [1.807, 2.05) is 4.68 Å². The Kier molecular flexibility index (Phi) is 5.39. The van der Waals surface area contributed by atoms with Crippen molar-refractivity contribution in [2.75, 3.05) is 0 Å². The van der Waals surface area contributed by atoms with Crippen LogP contribution in [0.25, 0.3) is 0 Å². The van der Waals surface area contributed by atoms with E-state index in [4.69, 9.17) is 16.7 Å². The Labute approximate surface area is 131 Å². The molecule has 1 unspecified atom stereocenters. The van der Waals surface area contributed by atoms with Crippen molar-refractivity contribution < 1.29 is 0 Å². The fourth-order valence-electron chi connectivity index (χ4n) is 2.70. The highest BCUT2D eigenvalue weighted by molar-refractivity contribution is 6.20. The van der Waals surface area contributed by atoms with E-state index in [1.165, 1.54) is 11.3 Å². The van der Waals surface area contributed by atoms with E-state index in [0.29, 0.717) is 6.54 Å². The monoisotopic (exact) mass is 309 g/mol. The van der Waals surface area contributed by atoms with Crippen molar-refractivity contribution in [1.29, 1.82) is 0 Å². The van der Waals surface area contributed by atoms with Crippen LogP contribution in [0.1, 0.15) is 62.3 Å². The molecule has 2 heterocycles. The highest BCUT2D eigenvalue weighted by Gasteiger charge is 2.21. The SMILES string of the molecule is CCc1nn(Cc2ncnn2CC)c(CC)c1C(Cl)CC. The van der Waals surface area contributed by atoms with Gasteiger partial charge in [0.2, 0.25) is 0 Å². The standard InChI is InChI=1S/C15H24ClN5/c1-5-11(16)15-12(6-2)19-21(13(15)7-3)9-14-17-10-18-20(14)8-4/h10-11H,5-9H2,1-4H3. The van der Waals surface area contributed by atoms with Crippen LogP contribution >= 0.6 is 11.6 Å². The topological polar surface area (TPSA) is 48.5 Å². The Morgan fingerprint density at radius 3 is 2.48 bits per heavy atom. The molecule has 0 saturated carbocycles. The van der Waals surface area contributed by atoms with Gasteiger partial charge in [-0.25, -0.2) is 9.67 Å². The Morgan fingerprint density at radius 1 is 1.14 bits per heavy atom. The number of halogens is 1. The van der Waals surface area contributed by atoms with Crippen molar-refractivity contribution in [3.05, 3.63) is 29.1 Å². The predicted octanol–water partition coefficient (Wildman–Crippen LogP) is 3.36. The number of hydrogen-bond donors (Lipinski definition) is 0. The first-order valence-corrected chi connectivity index (χ1v) is 8.18. The van der Waals surface area contributed by atoms with Crippen LogP contribution in [0.15, 0.2) is 6.33 Å². The smallest absolute Gasteiger partial charge is 0.148 e. The Morgan fingerprint density at radius 2 is 1.90 bits per heavy atom. The van der Waals surface area contributed by atoms with Crippen LogP contribution in [0.2, 0.25) is 0 Å². The molecule has 6 heteroatoms. The van der Waals surface area contributed by atoms with E-state index < -0.39 is 0 Å². The summed E-state index contributed by atoms with van der Waals surface area (Å²) < 4.78 is 3.96. The van der Waals surface area contributed by atoms with Gasteiger partial charge >= 0.3 is 0 Å². The van der Waals surface area contributed by atoms with E-state index in [-0.39, 0.29) is 5.38 Å². The molecule has 116 valence electrons. The van der Waals surface area contributed by atoms with Crippen LogP contribution in [-0.2, 0) is 25.9 Å². The molecule has 0 aliphatic heterocycles. The summed E-state index contributed by atoms with van der Waals surface area (Å²) >= 11 is 6.53. The molecule has 0 radical (unpaired) electrons. The van der Waals surface area contributed by atoms with Crippen molar-refractivity contribution >= 4 is 11.6 Å². The summed E-state index contributed by atoms with van der Waals surface area (Å²) in [6, 6.07) is 0. The minimum Gasteiger partial charge on any atom is -0.261 e. The molecule has 0 aromatic carbocycles. The first-order valence-electron chi connectivity index (χ1n) is 7.75. The number of alkyl halides is 1. The maximum atomic E-state index is 6.53. The molecule has 0 spiro atoms. The van der Waals surface area contributed by atoms with E-state index in [1.54, 1.807) is 6.33 Å². The summed E-state index contributed by atoms with van der Waals surface area (Å²) in [4.78, 5) is 4.35. The fourth-order valence-corrected chi connectivity index (χ4v) is 2.96. The molecule has 0 fully saturated rings. The summed E-state index contributed by atoms with van der Waals surface area (Å²) in [5.74, 6) is 0.937. The van der Waals surface area contributed by atoms with Crippen LogP contribution < -0.4 is 0 Å². The van der Waals surface area contributed by atoms with Gasteiger partial charge in [-0.2, -0.15) is 10.2 Å². The molecular weight excluding hydrogens is 286 g/mol. The van der Waals surface area contributed by atoms with E-state index >= 15 is 0 Å². The third-order valence-electron chi connectivity index (χ3n) is 3.80. The van der Waals surface area contributed by atoms with Crippen LogP contribution in [0, 0.1) is 0 Å². The van der Waals surface area contributed by atoms with Crippen LogP contribution in [0.4, 0.5) is 0 Å². The average Bonchev–Trinajstić information content (AvgIpc) is 3.10. The predicted molar refractivity (Wildman–Crippen MR) is 84.7 cm³/mol. The molecule has 2 aromatic heterocycles. The lowest BCUT2D eigenvalue weighted by molar-refractivity contribution is 0.552. The lowest BCUT2D eigenvalue weighted by atomic mass is 10.0. The first kappa shape index (κ1) is 16.0. The molecule has 0 aliphatic rings. The van der Waals surface area contributed by atoms with Gasteiger partial charge in [-0.1, -0.05) is 20.8 Å². The van der Waals surface area contributed by atoms with Crippen molar-refractivity contribution in [2.45, 2.75) is 65.4 Å². The van der Waals surface area contributed by atoms with Crippen molar-refractivity contribution in [3.8, 4) is 0 Å². The lowest BCUT2D eigenvalue weighted by Crippen LogP contribution is -2.12. The van der Waals surface area contributed by atoms with Gasteiger partial charge in [0.25, 0.3) is 0 Å². The van der Waals surface area contributed by atoms with Crippen LogP contribution in [0.3, 0.4) is 0 Å². The summed E-state index contributed by atoms with van der Waals surface area (Å²) in [5.41, 5.74) is 3.54. The van der Waals surface area contributed by atoms with Crippen molar-refractivity contribution in [1.82, 2.24) is 24.5 Å². The van der Waals surface area contributed by atoms with Gasteiger partial charge in [-0.3, -0.25) is 4.68 Å². The average molecular weight is 310 g/mol. The van der Waals surface area contributed by atoms with E-state index in [0.717, 1.165) is 37.3 Å². The van der Waals surface area contributed by atoms with Gasteiger partial charge in [-0.15, -0.1) is 11.6 Å². The van der Waals surface area contributed by atoms with Gasteiger partial charge in [0, 0.05) is 17.8 Å². The highest BCUT2D eigenvalue weighted by Crippen LogP contribution is 2.31. The van der Waals surface area contributed by atoms with Crippen molar-refractivity contribution in [3.63, 3.8) is 0 Å². The first-order chi connectivity index (χ1) is 10.2. The van der Waals surface area contributed by atoms with Gasteiger partial charge in [0.15, 0.2) is 0 Å². The number of aryl methyl sites for hydroxylation is 2. The molecule has 0 aliphatic carbocycles. The second-order valence-electron chi connectivity index (χ2n) is 5.04. The maximum Gasteiger partial charge on any atom is 0.148 e. The third-order valence-corrected chi connectivity index (χ3v) is 4.33. The van der Waals surface area contributed by atoms with Gasteiger partial charge in [0.1, 0.15) is 18.7 Å². The highest BCUT2D eigenvalue weighted by atomic mass is 35.5. The second kappa shape index (κ2) is 7.07. The minimum atomic E-state index is 0.0349. The van der Waals surface area contributed by atoms with Gasteiger partial charge < -0.3 is 0 Å². The fraction of sp³-hybridized carbons (Fsp3) is 0.667. The number of rotatable bonds is 7. The lowest BCUT2D eigenvalue weighted by Gasteiger charge is -2.11. The summed E-state index contributed by atoms with van der Waals surface area (Å²) in [6.07, 6.45) is 4.34. The zero-order chi connectivity index (χ0) is 15.4. The number of nitrogens with zero attached hydrogens (tertiary/aromatic N) is 5. The van der Waals surface area contributed by atoms with E-state index in [2.05, 4.69) is 42.5 Å². The molecule has 0 bridgehead atoms. The molecule has 21 heavy (non-hydrogen) atoms. The van der Waals surface area contributed by atoms with Gasteiger partial charge in [0.05, 0.1) is 11.1 Å². The quantitative estimate of drug-likeness (QED) is 0.737. The molecule has 0 amide bonds. The van der Waals surface area contributed by atoms with Crippen LogP contribution in [-0.4, -0.2) is 24.5 Å². The normalized spacial score (nSPS) is 12.8. The van der Waals surface area contributed by atoms with Gasteiger partial charge in [-0.05, 0) is 26.2 Å². The summed E-state index contributed by atoms with van der Waals surface area (Å²) in [7, 11) is 0. The zero-order valence-corrected chi connectivity index (χ0v) is 14.1. The largest absolute Gasteiger partial charge is 0.261 e. The summed E-state index contributed by atoms with van der Waals surface area (Å²) in [6.45, 7) is 9.93. The maximum absolute atomic E-state index is 6.53. The van der Waals surface area contributed by atoms with Crippen LogP contribution in [0.5, 0.6) is 0 Å². The van der Waals surface area contributed by atoms with E-state index in [9.17, 15) is 0 Å².